The predicted octanol–water partition coefficient (Wildman–Crippen LogP) is -1.54. The molecule has 0 aromatic heterocycles. The van der Waals surface area contributed by atoms with Gasteiger partial charge in [-0.25, -0.2) is 4.79 Å². The lowest BCUT2D eigenvalue weighted by atomic mass is 10.1. The molecule has 4 N–H and O–H groups in total. The molecule has 1 heterocycles. The molecule has 0 radical (unpaired) electrons. The molecular weight excluding hydrogens is 294 g/mol. The number of methoxy groups -OCH3 is 1. The molecule has 0 bridgehead atoms. The monoisotopic (exact) mass is 315 g/mol. The third-order valence-electron chi connectivity index (χ3n) is 3.42. The highest BCUT2D eigenvalue weighted by Crippen LogP contribution is 2.20. The molecule has 0 aromatic carbocycles. The summed E-state index contributed by atoms with van der Waals surface area (Å²) in [7, 11) is 1.22. The highest BCUT2D eigenvalue weighted by Gasteiger charge is 2.39. The third kappa shape index (κ3) is 4.42. The minimum atomic E-state index is -1.26. The molecule has 3 atom stereocenters. The van der Waals surface area contributed by atoms with Gasteiger partial charge in [-0.05, 0) is 19.8 Å². The summed E-state index contributed by atoms with van der Waals surface area (Å²) in [5, 5.41) is 11.2. The van der Waals surface area contributed by atoms with Gasteiger partial charge in [-0.1, -0.05) is 0 Å². The first kappa shape index (κ1) is 17.9. The second-order valence-corrected chi connectivity index (χ2v) is 5.16. The van der Waals surface area contributed by atoms with E-state index in [1.165, 1.54) is 18.9 Å². The van der Waals surface area contributed by atoms with E-state index in [0.717, 1.165) is 0 Å². The maximum absolute atomic E-state index is 12.5. The molecule has 0 saturated carbocycles. The van der Waals surface area contributed by atoms with Gasteiger partial charge in [0.15, 0.2) is 0 Å². The smallest absolute Gasteiger partial charge is 0.328 e. The van der Waals surface area contributed by atoms with Crippen molar-refractivity contribution in [2.24, 2.45) is 5.73 Å². The van der Waals surface area contributed by atoms with Crippen molar-refractivity contribution in [3.05, 3.63) is 0 Å². The van der Waals surface area contributed by atoms with E-state index < -0.39 is 48.3 Å². The average molecular weight is 315 g/mol. The second kappa shape index (κ2) is 7.74. The zero-order chi connectivity index (χ0) is 16.9. The molecule has 0 spiro atoms. The zero-order valence-electron chi connectivity index (χ0n) is 12.6. The lowest BCUT2D eigenvalue weighted by Gasteiger charge is -2.27. The highest BCUT2D eigenvalue weighted by atomic mass is 16.5. The first-order chi connectivity index (χ1) is 10.3. The predicted molar refractivity (Wildman–Crippen MR) is 74.6 cm³/mol. The van der Waals surface area contributed by atoms with Crippen LogP contribution in [0.5, 0.6) is 0 Å². The van der Waals surface area contributed by atoms with E-state index in [2.05, 4.69) is 10.1 Å². The van der Waals surface area contributed by atoms with E-state index >= 15 is 0 Å². The Morgan fingerprint density at radius 3 is 2.55 bits per heavy atom. The number of rotatable bonds is 6. The molecule has 124 valence electrons. The Kier molecular flexibility index (Phi) is 6.29. The van der Waals surface area contributed by atoms with Gasteiger partial charge >= 0.3 is 11.9 Å². The molecule has 1 rings (SSSR count). The molecule has 1 aliphatic rings. The number of aliphatic carboxylic acids is 1. The normalized spacial score (nSPS) is 20.1. The number of nitrogens with two attached hydrogens (primary N) is 1. The molecule has 9 heteroatoms. The summed E-state index contributed by atoms with van der Waals surface area (Å²) >= 11 is 0. The number of hydrogen-bond donors (Lipinski definition) is 3. The quantitative estimate of drug-likeness (QED) is 0.505. The summed E-state index contributed by atoms with van der Waals surface area (Å²) in [6.45, 7) is 1.73. The van der Waals surface area contributed by atoms with Gasteiger partial charge in [0.1, 0.15) is 12.1 Å². The van der Waals surface area contributed by atoms with Crippen molar-refractivity contribution >= 4 is 23.8 Å². The summed E-state index contributed by atoms with van der Waals surface area (Å²) in [5.41, 5.74) is 5.41. The number of nitrogens with zero attached hydrogens (tertiary/aromatic N) is 1. The van der Waals surface area contributed by atoms with Gasteiger partial charge in [0, 0.05) is 6.54 Å². The largest absolute Gasteiger partial charge is 0.481 e. The summed E-state index contributed by atoms with van der Waals surface area (Å²) in [6, 6.07) is -2.89. The molecule has 1 aliphatic heterocycles. The van der Waals surface area contributed by atoms with Crippen LogP contribution in [0.15, 0.2) is 0 Å². The van der Waals surface area contributed by atoms with Gasteiger partial charge in [0.25, 0.3) is 0 Å². The first-order valence-electron chi connectivity index (χ1n) is 6.94. The number of ether oxygens (including phenoxy) is 1. The van der Waals surface area contributed by atoms with Gasteiger partial charge in [-0.3, -0.25) is 14.4 Å². The summed E-state index contributed by atoms with van der Waals surface area (Å²) < 4.78 is 4.64. The van der Waals surface area contributed by atoms with Crippen LogP contribution >= 0.6 is 0 Å². The number of nitrogens with one attached hydrogen (secondary N) is 1. The molecule has 9 nitrogen and oxygen atoms in total. The van der Waals surface area contributed by atoms with Crippen molar-refractivity contribution in [2.75, 3.05) is 13.7 Å². The van der Waals surface area contributed by atoms with Crippen LogP contribution in [0.1, 0.15) is 26.2 Å². The molecule has 22 heavy (non-hydrogen) atoms. The van der Waals surface area contributed by atoms with Crippen molar-refractivity contribution in [3.63, 3.8) is 0 Å². The maximum atomic E-state index is 12.5. The number of likely N-dealkylation sites (tertiary alicyclic amines) is 1. The number of carboxylic acid groups (broad SMARTS) is 1. The van der Waals surface area contributed by atoms with Gasteiger partial charge in [-0.2, -0.15) is 0 Å². The number of carbonyl (C=O) groups is 4. The SMILES string of the molecule is COC(=O)[C@H]1CCCN1C(=O)[C@H](CC(=O)O)NC(=O)[C@@H](C)N. The number of esters is 1. The summed E-state index contributed by atoms with van der Waals surface area (Å²) in [5.74, 6) is -3.05. The Morgan fingerprint density at radius 1 is 1.41 bits per heavy atom. The first-order valence-corrected chi connectivity index (χ1v) is 6.94. The summed E-state index contributed by atoms with van der Waals surface area (Å²) in [4.78, 5) is 47.9. The number of amides is 2. The van der Waals surface area contributed by atoms with Crippen molar-refractivity contribution < 1.29 is 29.0 Å². The highest BCUT2D eigenvalue weighted by molar-refractivity contribution is 5.94. The van der Waals surface area contributed by atoms with E-state index in [-0.39, 0.29) is 0 Å². The van der Waals surface area contributed by atoms with E-state index in [0.29, 0.717) is 19.4 Å². The average Bonchev–Trinajstić information content (AvgIpc) is 2.93. The second-order valence-electron chi connectivity index (χ2n) is 5.16. The number of hydrogen-bond acceptors (Lipinski definition) is 6. The lowest BCUT2D eigenvalue weighted by molar-refractivity contribution is -0.152. The fourth-order valence-electron chi connectivity index (χ4n) is 2.29. The molecule has 0 aliphatic carbocycles. The van der Waals surface area contributed by atoms with Crippen LogP contribution in [-0.2, 0) is 23.9 Å². The fraction of sp³-hybridized carbons (Fsp3) is 0.692. The molecule has 1 fully saturated rings. The van der Waals surface area contributed by atoms with E-state index in [4.69, 9.17) is 10.8 Å². The van der Waals surface area contributed by atoms with Gasteiger partial charge in [0.05, 0.1) is 19.6 Å². The van der Waals surface area contributed by atoms with Gasteiger partial charge < -0.3 is 25.8 Å². The van der Waals surface area contributed by atoms with Crippen molar-refractivity contribution in [3.8, 4) is 0 Å². The minimum Gasteiger partial charge on any atom is -0.481 e. The van der Waals surface area contributed by atoms with Crippen molar-refractivity contribution in [1.29, 1.82) is 0 Å². The number of carbonyl (C=O) groups excluding carboxylic acids is 3. The Hall–Kier alpha value is -2.16. The van der Waals surface area contributed by atoms with E-state index in [1.54, 1.807) is 0 Å². The van der Waals surface area contributed by atoms with Crippen LogP contribution in [0.4, 0.5) is 0 Å². The van der Waals surface area contributed by atoms with Crippen LogP contribution in [0.25, 0.3) is 0 Å². The molecule has 0 unspecified atom stereocenters. The van der Waals surface area contributed by atoms with E-state index in [9.17, 15) is 19.2 Å². The minimum absolute atomic E-state index is 0.308. The fourth-order valence-corrected chi connectivity index (χ4v) is 2.29. The Bertz CT molecular complexity index is 465. The number of carboxylic acids is 1. The molecule has 0 aromatic rings. The maximum Gasteiger partial charge on any atom is 0.328 e. The molecule has 2 amide bonds. The Balaban J connectivity index is 2.88. The zero-order valence-corrected chi connectivity index (χ0v) is 12.6. The Morgan fingerprint density at radius 2 is 2.05 bits per heavy atom. The molecule has 1 saturated heterocycles. The Labute approximate surface area is 127 Å². The van der Waals surface area contributed by atoms with Crippen LogP contribution in [0.2, 0.25) is 0 Å². The molecular formula is C13H21N3O6. The van der Waals surface area contributed by atoms with Crippen molar-refractivity contribution in [1.82, 2.24) is 10.2 Å². The van der Waals surface area contributed by atoms with Crippen LogP contribution in [0.3, 0.4) is 0 Å². The third-order valence-corrected chi connectivity index (χ3v) is 3.42. The van der Waals surface area contributed by atoms with Gasteiger partial charge in [-0.15, -0.1) is 0 Å². The topological polar surface area (TPSA) is 139 Å². The van der Waals surface area contributed by atoms with Crippen LogP contribution < -0.4 is 11.1 Å². The van der Waals surface area contributed by atoms with Crippen LogP contribution in [-0.4, -0.2) is 65.5 Å². The van der Waals surface area contributed by atoms with Crippen LogP contribution in [0, 0.1) is 0 Å². The summed E-state index contributed by atoms with van der Waals surface area (Å²) in [6.07, 6.45) is 0.466. The lowest BCUT2D eigenvalue weighted by Crippen LogP contribution is -2.54. The van der Waals surface area contributed by atoms with E-state index in [1.807, 2.05) is 0 Å². The van der Waals surface area contributed by atoms with Crippen molar-refractivity contribution in [2.45, 2.75) is 44.3 Å². The standard InChI is InChI=1S/C13H21N3O6/c1-7(14)11(19)15-8(6-10(17)18)12(20)16-5-3-4-9(16)13(21)22-2/h7-9H,3-6,14H2,1-2H3,(H,15,19)(H,17,18)/t7-,8+,9-/m1/s1. The van der Waals surface area contributed by atoms with Gasteiger partial charge in [0.2, 0.25) is 11.8 Å².